The van der Waals surface area contributed by atoms with E-state index in [0.717, 1.165) is 0 Å². The Morgan fingerprint density at radius 2 is 1.61 bits per heavy atom. The van der Waals surface area contributed by atoms with E-state index in [1.54, 1.807) is 25.4 Å². The van der Waals surface area contributed by atoms with Gasteiger partial charge in [-0.15, -0.1) is 0 Å². The Balaban J connectivity index is 0. The number of halogens is 3. The molecule has 1 aromatic rings. The Morgan fingerprint density at radius 1 is 1.04 bits per heavy atom. The Bertz CT molecular complexity index is 545. The van der Waals surface area contributed by atoms with Gasteiger partial charge in [0, 0.05) is 0 Å². The van der Waals surface area contributed by atoms with E-state index in [2.05, 4.69) is 78.5 Å². The van der Waals surface area contributed by atoms with Crippen molar-refractivity contribution in [3.05, 3.63) is 50.6 Å². The van der Waals surface area contributed by atoms with Crippen molar-refractivity contribution in [2.75, 3.05) is 0 Å². The second-order valence-corrected chi connectivity index (χ2v) is 9.60. The fourth-order valence-electron chi connectivity index (χ4n) is 3.20. The smallest absolute Gasteiger partial charge is 1.00 e. The summed E-state index contributed by atoms with van der Waals surface area (Å²) in [6, 6.07) is 11.1. The molecule has 0 spiro atoms. The average molecular weight is 424 g/mol. The third-order valence-corrected chi connectivity index (χ3v) is 7.35. The Kier molecular flexibility index (Phi) is 12.5. The molecule has 1 aliphatic carbocycles. The molecule has 0 aromatic heterocycles. The van der Waals surface area contributed by atoms with Crippen molar-refractivity contribution in [1.29, 1.82) is 0 Å². The van der Waals surface area contributed by atoms with Crippen molar-refractivity contribution < 1.29 is 57.7 Å². The summed E-state index contributed by atoms with van der Waals surface area (Å²) >= 11 is 2.37. The summed E-state index contributed by atoms with van der Waals surface area (Å²) < 4.78 is 1.62. The van der Waals surface area contributed by atoms with Crippen LogP contribution in [0.5, 0.6) is 0 Å². The summed E-state index contributed by atoms with van der Waals surface area (Å²) in [6.07, 6.45) is 3.80. The van der Waals surface area contributed by atoms with Crippen LogP contribution in [0.3, 0.4) is 0 Å². The standard InChI is InChI=1S/C18H25Si.3ClH.Ti/c1-5-9-14-12-16(13-17(14)18(2,3)4)19-15-10-7-6-8-11-15;;;;/h6-8,10-11H,5,9,12,19H2,1-4H3;3*1H;/q;;;;+3/p-3. The molecule has 0 saturated carbocycles. The van der Waals surface area contributed by atoms with Gasteiger partial charge in [-0.25, -0.2) is 0 Å². The first-order valence-electron chi connectivity index (χ1n) is 7.64. The zero-order chi connectivity index (χ0) is 14.8. The molecular formula is C18H25Cl3SiTi. The summed E-state index contributed by atoms with van der Waals surface area (Å²) in [5, 5.41) is 3.34. The fourth-order valence-corrected chi connectivity index (χ4v) is 6.40. The topological polar surface area (TPSA) is 0 Å². The summed E-state index contributed by atoms with van der Waals surface area (Å²) in [7, 11) is -0.283. The van der Waals surface area contributed by atoms with E-state index in [1.165, 1.54) is 19.3 Å². The number of allylic oxidation sites excluding steroid dienone is 4. The van der Waals surface area contributed by atoms with Gasteiger partial charge in [-0.05, 0) is 0 Å². The zero-order valence-electron chi connectivity index (χ0n) is 14.3. The second kappa shape index (κ2) is 11.2. The van der Waals surface area contributed by atoms with E-state index in [0.29, 0.717) is 5.41 Å². The maximum Gasteiger partial charge on any atom is -1.00 e. The van der Waals surface area contributed by atoms with Crippen LogP contribution in [0.4, 0.5) is 0 Å². The fraction of sp³-hybridized carbons (Fsp3) is 0.444. The van der Waals surface area contributed by atoms with Crippen molar-refractivity contribution in [1.82, 2.24) is 0 Å². The molecule has 0 aliphatic heterocycles. The maximum absolute atomic E-state index is 2.37. The monoisotopic (exact) mass is 422 g/mol. The predicted molar refractivity (Wildman–Crippen MR) is 87.7 cm³/mol. The average Bonchev–Trinajstić information content (AvgIpc) is 2.67. The van der Waals surface area contributed by atoms with Crippen molar-refractivity contribution in [3.63, 3.8) is 0 Å². The number of hydrogen-bond donors (Lipinski definition) is 0. The summed E-state index contributed by atoms with van der Waals surface area (Å²) in [6.45, 7) is 9.41. The molecule has 126 valence electrons. The Morgan fingerprint density at radius 3 is 2.09 bits per heavy atom. The minimum Gasteiger partial charge on any atom is -1.00 e. The molecule has 0 radical (unpaired) electrons. The molecule has 2 rings (SSSR count). The van der Waals surface area contributed by atoms with Crippen LogP contribution in [0, 0.1) is 5.41 Å². The van der Waals surface area contributed by atoms with E-state index in [-0.39, 0.29) is 46.7 Å². The molecule has 0 unspecified atom stereocenters. The molecular weight excluding hydrogens is 399 g/mol. The maximum atomic E-state index is 2.37. The van der Waals surface area contributed by atoms with Crippen molar-refractivity contribution >= 4 is 14.7 Å². The largest absolute Gasteiger partial charge is 1.00 e. The van der Waals surface area contributed by atoms with Gasteiger partial charge in [0.1, 0.15) is 0 Å². The van der Waals surface area contributed by atoms with Crippen LogP contribution in [-0.2, 0) is 20.4 Å². The van der Waals surface area contributed by atoms with E-state index < -0.39 is 0 Å². The third kappa shape index (κ3) is 6.72. The summed E-state index contributed by atoms with van der Waals surface area (Å²) in [5.41, 5.74) is 3.68. The predicted octanol–water partition coefficient (Wildman–Crippen LogP) is -5.20. The molecule has 0 saturated heterocycles. The van der Waals surface area contributed by atoms with Gasteiger partial charge in [0.15, 0.2) is 0 Å². The molecule has 0 fully saturated rings. The van der Waals surface area contributed by atoms with Crippen LogP contribution in [0.1, 0.15) is 47.0 Å². The van der Waals surface area contributed by atoms with Gasteiger partial charge in [0.2, 0.25) is 0 Å². The number of benzene rings is 1. The number of hydrogen-bond acceptors (Lipinski definition) is 0. The van der Waals surface area contributed by atoms with Crippen LogP contribution < -0.4 is 42.4 Å². The van der Waals surface area contributed by atoms with Gasteiger partial charge in [0.05, 0.1) is 0 Å². The second-order valence-electron chi connectivity index (χ2n) is 6.80. The van der Waals surface area contributed by atoms with Crippen LogP contribution in [0.25, 0.3) is 0 Å². The van der Waals surface area contributed by atoms with Gasteiger partial charge in [-0.1, -0.05) is 0 Å². The minimum absolute atomic E-state index is 0. The molecule has 23 heavy (non-hydrogen) atoms. The first-order chi connectivity index (χ1) is 9.43. The number of rotatable bonds is 4. The normalized spacial score (nSPS) is 14.7. The molecule has 0 atom stereocenters. The van der Waals surface area contributed by atoms with E-state index in [1.807, 2.05) is 0 Å². The van der Waals surface area contributed by atoms with Gasteiger partial charge in [0.25, 0.3) is 0 Å². The van der Waals surface area contributed by atoms with Crippen LogP contribution in [0.2, 0.25) is 0 Å². The Labute approximate surface area is 174 Å². The SMILES string of the molecule is CCCC1=C(C(C)(C)C)[C]([Ti+3])=C([SiH2]c2ccccc2)C1.[Cl-].[Cl-].[Cl-]. The molecule has 5 heteroatoms. The molecule has 0 heterocycles. The van der Waals surface area contributed by atoms with Crippen molar-refractivity contribution in [3.8, 4) is 0 Å². The Hall–Kier alpha value is 0.501. The molecule has 0 N–H and O–H groups in total. The molecule has 0 nitrogen and oxygen atoms in total. The van der Waals surface area contributed by atoms with Crippen LogP contribution in [-0.4, -0.2) is 9.52 Å². The van der Waals surface area contributed by atoms with E-state index in [9.17, 15) is 0 Å². The van der Waals surface area contributed by atoms with Crippen LogP contribution >= 0.6 is 0 Å². The zero-order valence-corrected chi connectivity index (χ0v) is 19.6. The van der Waals surface area contributed by atoms with Gasteiger partial charge in [-0.2, -0.15) is 0 Å². The summed E-state index contributed by atoms with van der Waals surface area (Å²) in [4.78, 5) is 0. The minimum atomic E-state index is -0.283. The first kappa shape index (κ1) is 25.7. The van der Waals surface area contributed by atoms with Gasteiger partial charge in [-0.3, -0.25) is 0 Å². The first-order valence-corrected chi connectivity index (χ1v) is 9.83. The van der Waals surface area contributed by atoms with Crippen LogP contribution in [0.15, 0.2) is 50.6 Å². The van der Waals surface area contributed by atoms with Gasteiger partial charge >= 0.3 is 138 Å². The van der Waals surface area contributed by atoms with E-state index in [4.69, 9.17) is 0 Å². The van der Waals surface area contributed by atoms with Crippen molar-refractivity contribution in [2.45, 2.75) is 47.0 Å². The molecule has 0 amide bonds. The van der Waals surface area contributed by atoms with Crippen molar-refractivity contribution in [2.24, 2.45) is 5.41 Å². The third-order valence-electron chi connectivity index (χ3n) is 3.95. The quantitative estimate of drug-likeness (QED) is 0.425. The van der Waals surface area contributed by atoms with E-state index >= 15 is 0 Å². The molecule has 0 bridgehead atoms. The molecule has 1 aromatic carbocycles. The van der Waals surface area contributed by atoms with Gasteiger partial charge < -0.3 is 37.2 Å². The summed E-state index contributed by atoms with van der Waals surface area (Å²) in [5.74, 6) is 0. The molecule has 1 aliphatic rings.